The second-order valence-corrected chi connectivity index (χ2v) is 11.9. The summed E-state index contributed by atoms with van der Waals surface area (Å²) in [4.78, 5) is 9.88. The Morgan fingerprint density at radius 3 is 1.63 bits per heavy atom. The van der Waals surface area contributed by atoms with Crippen molar-refractivity contribution in [3.05, 3.63) is 42.5 Å². The van der Waals surface area contributed by atoms with Crippen LogP contribution in [-0.4, -0.2) is 24.7 Å². The topological polar surface area (TPSA) is 65.0 Å². The molecule has 0 heterocycles. The summed E-state index contributed by atoms with van der Waals surface area (Å²) in [5.74, 6) is 0.735. The first-order valence-electron chi connectivity index (χ1n) is 15.3. The summed E-state index contributed by atoms with van der Waals surface area (Å²) in [7, 11) is -4.03. The van der Waals surface area contributed by atoms with Crippen molar-refractivity contribution in [1.29, 1.82) is 0 Å². The van der Waals surface area contributed by atoms with Crippen molar-refractivity contribution < 1.29 is 23.2 Å². The summed E-state index contributed by atoms with van der Waals surface area (Å²) in [5.41, 5.74) is 0. The van der Waals surface area contributed by atoms with E-state index in [2.05, 4.69) is 6.92 Å². The third-order valence-corrected chi connectivity index (χ3v) is 8.12. The van der Waals surface area contributed by atoms with E-state index in [4.69, 9.17) is 13.8 Å². The van der Waals surface area contributed by atoms with Crippen LogP contribution in [0.5, 0.6) is 5.75 Å². The van der Waals surface area contributed by atoms with Crippen molar-refractivity contribution in [3.8, 4) is 5.75 Å². The second kappa shape index (κ2) is 21.4. The Labute approximate surface area is 232 Å². The van der Waals surface area contributed by atoms with Crippen molar-refractivity contribution in [2.75, 3.05) is 19.8 Å². The molecule has 0 amide bonds. The van der Waals surface area contributed by atoms with Crippen molar-refractivity contribution in [3.63, 3.8) is 0 Å². The Bertz CT molecular complexity index is 882. The van der Waals surface area contributed by atoms with Gasteiger partial charge in [-0.05, 0) is 17.9 Å². The summed E-state index contributed by atoms with van der Waals surface area (Å²) >= 11 is 0. The second-order valence-electron chi connectivity index (χ2n) is 10.5. The number of hydrogen-bond donors (Lipinski definition) is 1. The van der Waals surface area contributed by atoms with Gasteiger partial charge in [-0.3, -0.25) is 9.05 Å². The van der Waals surface area contributed by atoms with E-state index in [9.17, 15) is 9.46 Å². The molecule has 0 saturated carbocycles. The zero-order chi connectivity index (χ0) is 27.2. The number of ether oxygens (including phenoxy) is 1. The van der Waals surface area contributed by atoms with Crippen LogP contribution in [0.4, 0.5) is 0 Å². The summed E-state index contributed by atoms with van der Waals surface area (Å²) in [6.45, 7) is 2.70. The zero-order valence-corrected chi connectivity index (χ0v) is 24.8. The molecule has 6 heteroatoms. The van der Waals surface area contributed by atoms with Gasteiger partial charge in [0.25, 0.3) is 0 Å². The van der Waals surface area contributed by atoms with Gasteiger partial charge in [-0.25, -0.2) is 4.57 Å². The van der Waals surface area contributed by atoms with Gasteiger partial charge in [-0.15, -0.1) is 0 Å². The van der Waals surface area contributed by atoms with Crippen LogP contribution in [0.15, 0.2) is 42.5 Å². The number of hydrogen-bond acceptors (Lipinski definition) is 4. The van der Waals surface area contributed by atoms with Crippen molar-refractivity contribution in [1.82, 2.24) is 0 Å². The lowest BCUT2D eigenvalue weighted by molar-refractivity contribution is 0.128. The van der Waals surface area contributed by atoms with Crippen molar-refractivity contribution in [2.45, 2.75) is 122 Å². The average molecular weight is 549 g/mol. The SMILES string of the molecule is CCCCCCCCCCCCCCCCCCCCOP(=O)(O)OCCOc1cccc2ccccc12. The van der Waals surface area contributed by atoms with Gasteiger partial charge in [0.2, 0.25) is 0 Å². The lowest BCUT2D eigenvalue weighted by atomic mass is 10.0. The molecule has 1 N–H and O–H groups in total. The first kappa shape index (κ1) is 32.8. The molecule has 0 aliphatic rings. The maximum absolute atomic E-state index is 12.1. The van der Waals surface area contributed by atoms with E-state index in [-0.39, 0.29) is 19.8 Å². The Kier molecular flexibility index (Phi) is 18.5. The minimum Gasteiger partial charge on any atom is -0.491 e. The third kappa shape index (κ3) is 15.9. The minimum absolute atomic E-state index is 0.00385. The van der Waals surface area contributed by atoms with E-state index >= 15 is 0 Å². The molecule has 216 valence electrons. The highest BCUT2D eigenvalue weighted by Gasteiger charge is 2.20. The fourth-order valence-corrected chi connectivity index (χ4v) is 5.59. The van der Waals surface area contributed by atoms with E-state index in [0.717, 1.165) is 35.8 Å². The van der Waals surface area contributed by atoms with Crippen LogP contribution < -0.4 is 4.74 Å². The standard InChI is InChI=1S/C32H53O5P/c1-2-3-4-5-6-7-8-9-10-11-12-13-14-15-16-17-18-21-27-36-38(33,34)37-29-28-35-32-26-22-24-30-23-19-20-25-31(30)32/h19-20,22-26H,2-18,21,27-29H2,1H3,(H,33,34). The quantitative estimate of drug-likeness (QED) is 0.0987. The molecule has 1 atom stereocenters. The van der Waals surface area contributed by atoms with Crippen LogP contribution in [0.1, 0.15) is 122 Å². The molecule has 2 aromatic carbocycles. The predicted molar refractivity (Wildman–Crippen MR) is 160 cm³/mol. The molecule has 0 radical (unpaired) electrons. The van der Waals surface area contributed by atoms with Crippen LogP contribution in [-0.2, 0) is 13.6 Å². The van der Waals surface area contributed by atoms with E-state index in [1.807, 2.05) is 42.5 Å². The van der Waals surface area contributed by atoms with Gasteiger partial charge in [-0.1, -0.05) is 152 Å². The van der Waals surface area contributed by atoms with Gasteiger partial charge >= 0.3 is 7.82 Å². The fraction of sp³-hybridized carbons (Fsp3) is 0.688. The first-order chi connectivity index (χ1) is 18.6. The number of unbranched alkanes of at least 4 members (excludes halogenated alkanes) is 17. The smallest absolute Gasteiger partial charge is 0.472 e. The third-order valence-electron chi connectivity index (χ3n) is 7.10. The monoisotopic (exact) mass is 548 g/mol. The van der Waals surface area contributed by atoms with E-state index in [0.29, 0.717) is 0 Å². The molecule has 5 nitrogen and oxygen atoms in total. The number of benzene rings is 2. The lowest BCUT2D eigenvalue weighted by Gasteiger charge is -2.13. The molecule has 0 aliphatic carbocycles. The molecular formula is C32H53O5P. The molecule has 0 fully saturated rings. The largest absolute Gasteiger partial charge is 0.491 e. The molecule has 0 spiro atoms. The molecule has 1 unspecified atom stereocenters. The summed E-state index contributed by atoms with van der Waals surface area (Å²) in [6.07, 6.45) is 23.6. The van der Waals surface area contributed by atoms with Gasteiger partial charge in [0.05, 0.1) is 13.2 Å². The van der Waals surface area contributed by atoms with Crippen molar-refractivity contribution in [2.24, 2.45) is 0 Å². The minimum atomic E-state index is -4.03. The van der Waals surface area contributed by atoms with E-state index in [1.54, 1.807) is 0 Å². The molecule has 0 aliphatic heterocycles. The highest BCUT2D eigenvalue weighted by molar-refractivity contribution is 7.47. The highest BCUT2D eigenvalue weighted by atomic mass is 31.2. The predicted octanol–water partition coefficient (Wildman–Crippen LogP) is 10.4. The van der Waals surface area contributed by atoms with Crippen molar-refractivity contribution >= 4 is 18.6 Å². The van der Waals surface area contributed by atoms with Gasteiger partial charge in [0, 0.05) is 5.39 Å². The zero-order valence-electron chi connectivity index (χ0n) is 23.9. The average Bonchev–Trinajstić information content (AvgIpc) is 2.92. The molecule has 2 aromatic rings. The molecular weight excluding hydrogens is 495 g/mol. The van der Waals surface area contributed by atoms with Gasteiger partial charge in [-0.2, -0.15) is 0 Å². The van der Waals surface area contributed by atoms with Crippen LogP contribution in [0, 0.1) is 0 Å². The molecule has 2 rings (SSSR count). The molecule has 38 heavy (non-hydrogen) atoms. The maximum Gasteiger partial charge on any atom is 0.472 e. The maximum atomic E-state index is 12.1. The number of rotatable bonds is 25. The van der Waals surface area contributed by atoms with Crippen LogP contribution in [0.25, 0.3) is 10.8 Å². The Morgan fingerprint density at radius 2 is 1.05 bits per heavy atom. The molecule has 0 saturated heterocycles. The van der Waals surface area contributed by atoms with E-state index in [1.165, 1.54) is 96.3 Å². The Hall–Kier alpha value is -1.39. The first-order valence-corrected chi connectivity index (χ1v) is 16.8. The fourth-order valence-electron chi connectivity index (χ4n) is 4.85. The number of phosphoric acid groups is 1. The number of phosphoric ester groups is 1. The molecule has 0 aromatic heterocycles. The van der Waals surface area contributed by atoms with Gasteiger partial charge < -0.3 is 9.63 Å². The number of fused-ring (bicyclic) bond motifs is 1. The van der Waals surface area contributed by atoms with E-state index < -0.39 is 7.82 Å². The highest BCUT2D eigenvalue weighted by Crippen LogP contribution is 2.43. The summed E-state index contributed by atoms with van der Waals surface area (Å²) < 4.78 is 28.0. The normalized spacial score (nSPS) is 13.1. The lowest BCUT2D eigenvalue weighted by Crippen LogP contribution is -2.07. The Balaban J connectivity index is 1.34. The van der Waals surface area contributed by atoms with Gasteiger partial charge in [0.1, 0.15) is 12.4 Å². The van der Waals surface area contributed by atoms with Gasteiger partial charge in [0.15, 0.2) is 0 Å². The van der Waals surface area contributed by atoms with Crippen LogP contribution in [0.3, 0.4) is 0 Å². The summed E-state index contributed by atoms with van der Waals surface area (Å²) in [6, 6.07) is 13.8. The Morgan fingerprint density at radius 1 is 0.579 bits per heavy atom. The molecule has 0 bridgehead atoms. The van der Waals surface area contributed by atoms with Crippen LogP contribution >= 0.6 is 7.82 Å². The summed E-state index contributed by atoms with van der Waals surface area (Å²) in [5, 5.41) is 2.10. The van der Waals surface area contributed by atoms with Crippen LogP contribution in [0.2, 0.25) is 0 Å².